The van der Waals surface area contributed by atoms with Gasteiger partial charge < -0.3 is 4.74 Å². The minimum absolute atomic E-state index is 0.0380. The summed E-state index contributed by atoms with van der Waals surface area (Å²) < 4.78 is 5.75. The highest BCUT2D eigenvalue weighted by atomic mass is 16.6. The smallest absolute Gasteiger partial charge is 0.263 e. The van der Waals surface area contributed by atoms with Gasteiger partial charge in [-0.3, -0.25) is 9.69 Å². The predicted molar refractivity (Wildman–Crippen MR) is 98.8 cm³/mol. The van der Waals surface area contributed by atoms with Crippen molar-refractivity contribution in [2.24, 2.45) is 0 Å². The summed E-state index contributed by atoms with van der Waals surface area (Å²) in [6.45, 7) is 2.04. The van der Waals surface area contributed by atoms with E-state index in [9.17, 15) is 4.79 Å². The van der Waals surface area contributed by atoms with E-state index in [4.69, 9.17) is 4.74 Å². The number of anilines is 2. The number of nitrogens with zero attached hydrogens (tertiary/aromatic N) is 1. The number of aryl methyl sites for hydroxylation is 1. The summed E-state index contributed by atoms with van der Waals surface area (Å²) in [5.41, 5.74) is 3.91. The molecular formula is C22H19NO2. The molecule has 25 heavy (non-hydrogen) atoms. The van der Waals surface area contributed by atoms with Crippen LogP contribution in [0.15, 0.2) is 84.9 Å². The molecule has 3 aromatic carbocycles. The number of para-hydroxylation sites is 2. The number of hydrogen-bond donors (Lipinski definition) is 0. The Morgan fingerprint density at radius 3 is 2.00 bits per heavy atom. The van der Waals surface area contributed by atoms with Crippen molar-refractivity contribution < 1.29 is 9.53 Å². The van der Waals surface area contributed by atoms with Gasteiger partial charge in [0.15, 0.2) is 6.10 Å². The molecule has 0 spiro atoms. The normalized spacial score (nSPS) is 18.6. The second-order valence-electron chi connectivity index (χ2n) is 6.24. The molecule has 1 saturated heterocycles. The van der Waals surface area contributed by atoms with Crippen LogP contribution < -0.4 is 4.90 Å². The number of rotatable bonds is 4. The molecule has 0 radical (unpaired) electrons. The Labute approximate surface area is 147 Å². The molecule has 124 valence electrons. The molecule has 1 aliphatic heterocycles. The van der Waals surface area contributed by atoms with Crippen molar-refractivity contribution in [1.82, 2.24) is 0 Å². The van der Waals surface area contributed by atoms with Crippen LogP contribution >= 0.6 is 0 Å². The second-order valence-corrected chi connectivity index (χ2v) is 6.24. The van der Waals surface area contributed by atoms with Crippen LogP contribution in [-0.4, -0.2) is 12.0 Å². The van der Waals surface area contributed by atoms with E-state index < -0.39 is 6.10 Å². The third-order valence-corrected chi connectivity index (χ3v) is 4.35. The minimum atomic E-state index is -0.442. The van der Waals surface area contributed by atoms with Crippen LogP contribution in [0.25, 0.3) is 0 Å². The first-order valence-electron chi connectivity index (χ1n) is 8.40. The molecule has 0 bridgehead atoms. The number of hydrogen-bond acceptors (Lipinski definition) is 2. The Balaban J connectivity index is 1.64. The number of amides is 1. The Hall–Kier alpha value is -2.91. The summed E-state index contributed by atoms with van der Waals surface area (Å²) >= 11 is 0. The molecule has 0 aliphatic carbocycles. The van der Waals surface area contributed by atoms with Crippen LogP contribution in [0.2, 0.25) is 0 Å². The standard InChI is InChI=1S/C22H19NO2/c1-16-9-8-10-17(15-16)20-21(25-20)22(24)23(18-11-4-2-5-12-18)19-13-6-3-7-14-19/h2-15,20-21H,1H3/t20-,21+/m1/s1. The minimum Gasteiger partial charge on any atom is -0.354 e. The van der Waals surface area contributed by atoms with Crippen molar-refractivity contribution in [3.8, 4) is 0 Å². The highest BCUT2D eigenvalue weighted by Gasteiger charge is 2.48. The maximum atomic E-state index is 13.2. The van der Waals surface area contributed by atoms with Crippen LogP contribution in [0, 0.1) is 6.92 Å². The molecule has 3 nitrogen and oxygen atoms in total. The SMILES string of the molecule is Cc1cccc([C@H]2O[C@@H]2C(=O)N(c2ccccc2)c2ccccc2)c1. The van der Waals surface area contributed by atoms with Crippen molar-refractivity contribution in [3.05, 3.63) is 96.1 Å². The van der Waals surface area contributed by atoms with Gasteiger partial charge in [0, 0.05) is 11.4 Å². The summed E-state index contributed by atoms with van der Waals surface area (Å²) in [5, 5.41) is 0. The molecule has 4 rings (SSSR count). The van der Waals surface area contributed by atoms with Gasteiger partial charge >= 0.3 is 0 Å². The van der Waals surface area contributed by atoms with Crippen molar-refractivity contribution >= 4 is 17.3 Å². The fourth-order valence-electron chi connectivity index (χ4n) is 3.09. The molecule has 2 atom stereocenters. The summed E-state index contributed by atoms with van der Waals surface area (Å²) in [5.74, 6) is -0.0380. The van der Waals surface area contributed by atoms with Crippen molar-refractivity contribution in [3.63, 3.8) is 0 Å². The lowest BCUT2D eigenvalue weighted by atomic mass is 10.1. The van der Waals surface area contributed by atoms with Gasteiger partial charge in [-0.05, 0) is 36.8 Å². The van der Waals surface area contributed by atoms with E-state index in [1.54, 1.807) is 4.90 Å². The molecule has 1 fully saturated rings. The monoisotopic (exact) mass is 329 g/mol. The second kappa shape index (κ2) is 6.54. The average molecular weight is 329 g/mol. The maximum Gasteiger partial charge on any atom is 0.263 e. The Morgan fingerprint density at radius 1 is 0.840 bits per heavy atom. The molecule has 3 heteroatoms. The largest absolute Gasteiger partial charge is 0.354 e. The number of benzene rings is 3. The summed E-state index contributed by atoms with van der Waals surface area (Å²) in [4.78, 5) is 14.9. The molecule has 3 aromatic rings. The first kappa shape index (κ1) is 15.6. The highest BCUT2D eigenvalue weighted by molar-refractivity contribution is 6.04. The van der Waals surface area contributed by atoms with Crippen LogP contribution in [0.4, 0.5) is 11.4 Å². The van der Waals surface area contributed by atoms with E-state index in [-0.39, 0.29) is 12.0 Å². The van der Waals surface area contributed by atoms with E-state index in [0.29, 0.717) is 0 Å². The van der Waals surface area contributed by atoms with Crippen LogP contribution in [0.5, 0.6) is 0 Å². The molecule has 1 heterocycles. The number of carbonyl (C=O) groups excluding carboxylic acids is 1. The van der Waals surface area contributed by atoms with Gasteiger partial charge in [-0.15, -0.1) is 0 Å². The predicted octanol–water partition coefficient (Wildman–Crippen LogP) is 4.80. The Bertz CT molecular complexity index is 837. The van der Waals surface area contributed by atoms with Crippen molar-refractivity contribution in [1.29, 1.82) is 0 Å². The van der Waals surface area contributed by atoms with Crippen LogP contribution in [0.1, 0.15) is 17.2 Å². The van der Waals surface area contributed by atoms with E-state index in [0.717, 1.165) is 16.9 Å². The summed E-state index contributed by atoms with van der Waals surface area (Å²) in [6.07, 6.45) is -0.607. The zero-order chi connectivity index (χ0) is 17.2. The van der Waals surface area contributed by atoms with Crippen molar-refractivity contribution in [2.45, 2.75) is 19.1 Å². The number of ether oxygens (including phenoxy) is 1. The lowest BCUT2D eigenvalue weighted by molar-refractivity contribution is -0.119. The molecule has 1 amide bonds. The maximum absolute atomic E-state index is 13.2. The van der Waals surface area contributed by atoms with Gasteiger partial charge in [0.1, 0.15) is 6.10 Å². The lowest BCUT2D eigenvalue weighted by Crippen LogP contribution is -2.30. The van der Waals surface area contributed by atoms with Gasteiger partial charge in [-0.25, -0.2) is 0 Å². The summed E-state index contributed by atoms with van der Waals surface area (Å²) in [7, 11) is 0. The quantitative estimate of drug-likeness (QED) is 0.644. The van der Waals surface area contributed by atoms with Gasteiger partial charge in [0.05, 0.1) is 0 Å². The molecule has 0 N–H and O–H groups in total. The van der Waals surface area contributed by atoms with Crippen molar-refractivity contribution in [2.75, 3.05) is 4.90 Å². The van der Waals surface area contributed by atoms with Gasteiger partial charge in [-0.1, -0.05) is 66.2 Å². The van der Waals surface area contributed by atoms with Crippen LogP contribution in [0.3, 0.4) is 0 Å². The Morgan fingerprint density at radius 2 is 1.44 bits per heavy atom. The zero-order valence-electron chi connectivity index (χ0n) is 14.0. The van der Waals surface area contributed by atoms with E-state index in [1.165, 1.54) is 5.56 Å². The number of epoxide rings is 1. The average Bonchev–Trinajstić information content (AvgIpc) is 3.45. The molecular weight excluding hydrogens is 310 g/mol. The van der Waals surface area contributed by atoms with E-state index in [1.807, 2.05) is 85.8 Å². The van der Waals surface area contributed by atoms with Gasteiger partial charge in [0.2, 0.25) is 0 Å². The van der Waals surface area contributed by atoms with E-state index in [2.05, 4.69) is 6.07 Å². The molecule has 0 unspecified atom stereocenters. The molecule has 0 aromatic heterocycles. The fraction of sp³-hybridized carbons (Fsp3) is 0.136. The zero-order valence-corrected chi connectivity index (χ0v) is 14.0. The van der Waals surface area contributed by atoms with Gasteiger partial charge in [-0.2, -0.15) is 0 Å². The topological polar surface area (TPSA) is 32.8 Å². The highest BCUT2D eigenvalue weighted by Crippen LogP contribution is 2.42. The first-order chi connectivity index (χ1) is 12.2. The van der Waals surface area contributed by atoms with Crippen LogP contribution in [-0.2, 0) is 9.53 Å². The lowest BCUT2D eigenvalue weighted by Gasteiger charge is -2.22. The molecule has 0 saturated carbocycles. The third-order valence-electron chi connectivity index (χ3n) is 4.35. The van der Waals surface area contributed by atoms with E-state index >= 15 is 0 Å². The number of carbonyl (C=O) groups is 1. The molecule has 1 aliphatic rings. The van der Waals surface area contributed by atoms with Gasteiger partial charge in [0.25, 0.3) is 5.91 Å². The first-order valence-corrected chi connectivity index (χ1v) is 8.40. The third kappa shape index (κ3) is 3.19. The Kier molecular flexibility index (Phi) is 4.08. The fourth-order valence-corrected chi connectivity index (χ4v) is 3.09. The summed E-state index contributed by atoms with van der Waals surface area (Å²) in [6, 6.07) is 27.5.